The van der Waals surface area contributed by atoms with E-state index in [1.165, 1.54) is 5.69 Å². The first kappa shape index (κ1) is 15.0. The van der Waals surface area contributed by atoms with Crippen LogP contribution in [-0.2, 0) is 0 Å². The molecule has 0 amide bonds. The lowest BCUT2D eigenvalue weighted by Crippen LogP contribution is -2.58. The Kier molecular flexibility index (Phi) is 4.03. The number of hydrogen-bond acceptors (Lipinski definition) is 6. The van der Waals surface area contributed by atoms with Gasteiger partial charge in [0.2, 0.25) is 0 Å². The van der Waals surface area contributed by atoms with Gasteiger partial charge in [0.1, 0.15) is 6.61 Å². The second-order valence-electron chi connectivity index (χ2n) is 7.00. The Balaban J connectivity index is 1.53. The van der Waals surface area contributed by atoms with Gasteiger partial charge in [-0.25, -0.2) is 4.98 Å². The van der Waals surface area contributed by atoms with Crippen LogP contribution in [0.25, 0.3) is 0 Å². The van der Waals surface area contributed by atoms with Crippen LogP contribution in [0.3, 0.4) is 0 Å². The Morgan fingerprint density at radius 3 is 2.83 bits per heavy atom. The maximum absolute atomic E-state index is 6.08. The van der Waals surface area contributed by atoms with Gasteiger partial charge in [-0.1, -0.05) is 0 Å². The van der Waals surface area contributed by atoms with Gasteiger partial charge in [-0.3, -0.25) is 4.90 Å². The van der Waals surface area contributed by atoms with Crippen molar-refractivity contribution in [3.8, 4) is 5.75 Å². The SMILES string of the molecule is CC(C)N1CCN2c3ncc(N4CCNCC4)cc3OC[C@H]2C1. The van der Waals surface area contributed by atoms with E-state index < -0.39 is 0 Å². The van der Waals surface area contributed by atoms with Crippen molar-refractivity contribution >= 4 is 11.5 Å². The molecule has 2 saturated heterocycles. The molecular weight excluding hydrogens is 290 g/mol. The molecule has 0 radical (unpaired) electrons. The van der Waals surface area contributed by atoms with E-state index in [0.29, 0.717) is 12.1 Å². The first-order valence-corrected chi connectivity index (χ1v) is 8.81. The monoisotopic (exact) mass is 317 g/mol. The second kappa shape index (κ2) is 6.17. The summed E-state index contributed by atoms with van der Waals surface area (Å²) in [6, 6.07) is 3.20. The Labute approximate surface area is 138 Å². The number of piperazine rings is 2. The summed E-state index contributed by atoms with van der Waals surface area (Å²) in [6.07, 6.45) is 2.02. The second-order valence-corrected chi connectivity index (χ2v) is 7.00. The molecule has 0 aromatic carbocycles. The summed E-state index contributed by atoms with van der Waals surface area (Å²) in [7, 11) is 0. The van der Waals surface area contributed by atoms with E-state index in [9.17, 15) is 0 Å². The largest absolute Gasteiger partial charge is 0.487 e. The summed E-state index contributed by atoms with van der Waals surface area (Å²) in [6.45, 7) is 12.7. The summed E-state index contributed by atoms with van der Waals surface area (Å²) < 4.78 is 6.08. The molecule has 1 N–H and O–H groups in total. The van der Waals surface area contributed by atoms with Gasteiger partial charge in [0.15, 0.2) is 11.6 Å². The molecule has 0 unspecified atom stereocenters. The van der Waals surface area contributed by atoms with Crippen molar-refractivity contribution in [3.05, 3.63) is 12.3 Å². The van der Waals surface area contributed by atoms with Gasteiger partial charge in [0.05, 0.1) is 17.9 Å². The Morgan fingerprint density at radius 2 is 2.04 bits per heavy atom. The van der Waals surface area contributed by atoms with Crippen molar-refractivity contribution < 1.29 is 4.74 Å². The average molecular weight is 317 g/mol. The lowest BCUT2D eigenvalue weighted by Gasteiger charge is -2.46. The van der Waals surface area contributed by atoms with Gasteiger partial charge in [-0.15, -0.1) is 0 Å². The van der Waals surface area contributed by atoms with Crippen molar-refractivity contribution in [1.29, 1.82) is 0 Å². The minimum absolute atomic E-state index is 0.427. The molecule has 6 heteroatoms. The first-order chi connectivity index (χ1) is 11.2. The van der Waals surface area contributed by atoms with E-state index >= 15 is 0 Å². The fraction of sp³-hybridized carbons (Fsp3) is 0.706. The summed E-state index contributed by atoms with van der Waals surface area (Å²) >= 11 is 0. The summed E-state index contributed by atoms with van der Waals surface area (Å²) in [5, 5.41) is 3.39. The number of aromatic nitrogens is 1. The molecule has 1 aromatic heterocycles. The van der Waals surface area contributed by atoms with Crippen LogP contribution < -0.4 is 19.9 Å². The third-order valence-corrected chi connectivity index (χ3v) is 5.25. The highest BCUT2D eigenvalue weighted by Crippen LogP contribution is 2.36. The summed E-state index contributed by atoms with van der Waals surface area (Å²) in [5.41, 5.74) is 1.18. The average Bonchev–Trinajstić information content (AvgIpc) is 2.61. The van der Waals surface area contributed by atoms with Crippen LogP contribution in [0.4, 0.5) is 11.5 Å². The number of pyridine rings is 1. The highest BCUT2D eigenvalue weighted by Gasteiger charge is 2.34. The Bertz CT molecular complexity index is 558. The van der Waals surface area contributed by atoms with Gasteiger partial charge < -0.3 is 19.9 Å². The van der Waals surface area contributed by atoms with Crippen LogP contribution in [-0.4, -0.2) is 74.4 Å². The number of nitrogens with zero attached hydrogens (tertiary/aromatic N) is 4. The number of ether oxygens (including phenoxy) is 1. The zero-order valence-corrected chi connectivity index (χ0v) is 14.2. The quantitative estimate of drug-likeness (QED) is 0.870. The van der Waals surface area contributed by atoms with Crippen molar-refractivity contribution in [2.75, 3.05) is 62.2 Å². The van der Waals surface area contributed by atoms with E-state index in [0.717, 1.165) is 64.0 Å². The maximum Gasteiger partial charge on any atom is 0.171 e. The molecule has 6 nitrogen and oxygen atoms in total. The fourth-order valence-electron chi connectivity index (χ4n) is 3.80. The number of fused-ring (bicyclic) bond motifs is 3. The van der Waals surface area contributed by atoms with Gasteiger partial charge in [0.25, 0.3) is 0 Å². The Morgan fingerprint density at radius 1 is 1.22 bits per heavy atom. The molecule has 126 valence electrons. The number of hydrogen-bond donors (Lipinski definition) is 1. The van der Waals surface area contributed by atoms with Gasteiger partial charge in [0, 0.05) is 57.9 Å². The molecule has 4 rings (SSSR count). The Hall–Kier alpha value is -1.53. The molecule has 1 atom stereocenters. The van der Waals surface area contributed by atoms with E-state index in [4.69, 9.17) is 9.72 Å². The lowest BCUT2D eigenvalue weighted by atomic mass is 10.1. The van der Waals surface area contributed by atoms with E-state index in [1.807, 2.05) is 6.20 Å². The van der Waals surface area contributed by atoms with Crippen LogP contribution in [0.15, 0.2) is 12.3 Å². The third kappa shape index (κ3) is 2.85. The molecule has 0 spiro atoms. The van der Waals surface area contributed by atoms with Crippen LogP contribution >= 0.6 is 0 Å². The third-order valence-electron chi connectivity index (χ3n) is 5.25. The summed E-state index contributed by atoms with van der Waals surface area (Å²) in [4.78, 5) is 12.1. The molecule has 1 aromatic rings. The van der Waals surface area contributed by atoms with Gasteiger partial charge in [-0.05, 0) is 13.8 Å². The standard InChI is InChI=1S/C17H27N5O/c1-13(2)21-7-8-22-15(11-21)12-23-16-9-14(10-19-17(16)22)20-5-3-18-4-6-20/h9-10,13,15,18H,3-8,11-12H2,1-2H3/t15-/m1/s1. The zero-order valence-electron chi connectivity index (χ0n) is 14.2. The van der Waals surface area contributed by atoms with Crippen LogP contribution in [0.2, 0.25) is 0 Å². The van der Waals surface area contributed by atoms with Gasteiger partial charge >= 0.3 is 0 Å². The highest BCUT2D eigenvalue weighted by molar-refractivity contribution is 5.62. The predicted octanol–water partition coefficient (Wildman–Crippen LogP) is 0.783. The minimum atomic E-state index is 0.427. The molecule has 2 fully saturated rings. The maximum atomic E-state index is 6.08. The normalized spacial score (nSPS) is 25.1. The molecule has 3 aliphatic heterocycles. The van der Waals surface area contributed by atoms with Crippen LogP contribution in [0, 0.1) is 0 Å². The molecule has 0 bridgehead atoms. The molecule has 23 heavy (non-hydrogen) atoms. The summed E-state index contributed by atoms with van der Waals surface area (Å²) in [5.74, 6) is 1.99. The van der Waals surface area contributed by atoms with E-state index in [1.54, 1.807) is 0 Å². The number of nitrogens with one attached hydrogen (secondary N) is 1. The first-order valence-electron chi connectivity index (χ1n) is 8.81. The predicted molar refractivity (Wildman–Crippen MR) is 92.7 cm³/mol. The van der Waals surface area contributed by atoms with Crippen molar-refractivity contribution in [2.24, 2.45) is 0 Å². The molecular formula is C17H27N5O. The topological polar surface area (TPSA) is 43.9 Å². The fourth-order valence-corrected chi connectivity index (χ4v) is 3.80. The van der Waals surface area contributed by atoms with Crippen LogP contribution in [0.5, 0.6) is 5.75 Å². The van der Waals surface area contributed by atoms with E-state index in [2.05, 4.69) is 39.9 Å². The molecule has 3 aliphatic rings. The minimum Gasteiger partial charge on any atom is -0.487 e. The zero-order chi connectivity index (χ0) is 15.8. The van der Waals surface area contributed by atoms with Crippen molar-refractivity contribution in [2.45, 2.75) is 25.9 Å². The molecule has 0 saturated carbocycles. The number of anilines is 2. The van der Waals surface area contributed by atoms with Crippen molar-refractivity contribution in [1.82, 2.24) is 15.2 Å². The molecule has 0 aliphatic carbocycles. The lowest BCUT2D eigenvalue weighted by molar-refractivity contribution is 0.140. The smallest absolute Gasteiger partial charge is 0.171 e. The molecule has 4 heterocycles. The van der Waals surface area contributed by atoms with Crippen molar-refractivity contribution in [3.63, 3.8) is 0 Å². The highest BCUT2D eigenvalue weighted by atomic mass is 16.5. The van der Waals surface area contributed by atoms with E-state index in [-0.39, 0.29) is 0 Å². The van der Waals surface area contributed by atoms with Gasteiger partial charge in [-0.2, -0.15) is 0 Å². The number of rotatable bonds is 2. The van der Waals surface area contributed by atoms with Crippen LogP contribution in [0.1, 0.15) is 13.8 Å².